The number of esters is 1. The van der Waals surface area contributed by atoms with Crippen LogP contribution in [0.2, 0.25) is 0 Å². The van der Waals surface area contributed by atoms with Gasteiger partial charge in [-0.25, -0.2) is 9.80 Å². The summed E-state index contributed by atoms with van der Waals surface area (Å²) in [6.07, 6.45) is 0.979. The summed E-state index contributed by atoms with van der Waals surface area (Å²) in [4.78, 5) is 35.5. The molecule has 0 saturated carbocycles. The molecule has 1 aromatic carbocycles. The highest BCUT2D eigenvalue weighted by molar-refractivity contribution is 7.80. The Labute approximate surface area is 163 Å². The quantitative estimate of drug-likeness (QED) is 0.435. The van der Waals surface area contributed by atoms with Crippen LogP contribution in [0.15, 0.2) is 24.3 Å². The zero-order chi connectivity index (χ0) is 19.8. The maximum Gasteiger partial charge on any atom is 0.340 e. The summed E-state index contributed by atoms with van der Waals surface area (Å²) in [7, 11) is 0. The Morgan fingerprint density at radius 3 is 2.67 bits per heavy atom. The number of nitrogens with zero attached hydrogens (tertiary/aromatic N) is 2. The lowest BCUT2D eigenvalue weighted by Crippen LogP contribution is -2.50. The van der Waals surface area contributed by atoms with Crippen molar-refractivity contribution >= 4 is 40.8 Å². The molecule has 0 radical (unpaired) electrons. The van der Waals surface area contributed by atoms with Crippen LogP contribution in [-0.4, -0.2) is 59.2 Å². The topological polar surface area (TPSA) is 91.0 Å². The number of ether oxygens (including phenoxy) is 1. The fourth-order valence-electron chi connectivity index (χ4n) is 2.63. The first-order valence-corrected chi connectivity index (χ1v) is 9.23. The first-order valence-electron chi connectivity index (χ1n) is 8.82. The number of amides is 2. The van der Waals surface area contributed by atoms with E-state index in [0.29, 0.717) is 42.6 Å². The summed E-state index contributed by atoms with van der Waals surface area (Å²) < 4.78 is 4.87. The van der Waals surface area contributed by atoms with E-state index in [1.165, 1.54) is 11.9 Å². The fraction of sp³-hybridized carbons (Fsp3) is 0.444. The molecule has 9 heteroatoms. The monoisotopic (exact) mass is 392 g/mol. The van der Waals surface area contributed by atoms with Gasteiger partial charge in [-0.2, -0.15) is 0 Å². The number of hydrogen-bond acceptors (Lipinski definition) is 5. The van der Waals surface area contributed by atoms with E-state index in [2.05, 4.69) is 10.6 Å². The van der Waals surface area contributed by atoms with Gasteiger partial charge in [0.25, 0.3) is 0 Å². The Morgan fingerprint density at radius 2 is 1.96 bits per heavy atom. The van der Waals surface area contributed by atoms with Crippen molar-refractivity contribution in [2.24, 2.45) is 0 Å². The summed E-state index contributed by atoms with van der Waals surface area (Å²) in [5.41, 5.74) is 1.07. The minimum absolute atomic E-state index is 0.0686. The van der Waals surface area contributed by atoms with E-state index in [1.54, 1.807) is 36.2 Å². The predicted molar refractivity (Wildman–Crippen MR) is 105 cm³/mol. The molecule has 0 bridgehead atoms. The third-order valence-corrected chi connectivity index (χ3v) is 4.29. The zero-order valence-electron chi connectivity index (χ0n) is 15.5. The molecule has 0 atom stereocenters. The molecule has 1 aliphatic rings. The number of thiocarbonyl (C=S) groups is 1. The van der Waals surface area contributed by atoms with Gasteiger partial charge in [-0.15, -0.1) is 0 Å². The Bertz CT molecular complexity index is 725. The van der Waals surface area contributed by atoms with Gasteiger partial charge in [-0.1, -0.05) is 12.1 Å². The molecule has 1 aliphatic heterocycles. The lowest BCUT2D eigenvalue weighted by Gasteiger charge is -2.30. The number of hydrogen-bond donors (Lipinski definition) is 2. The van der Waals surface area contributed by atoms with Gasteiger partial charge in [0.2, 0.25) is 0 Å². The second-order valence-electron chi connectivity index (χ2n) is 5.95. The highest BCUT2D eigenvalue weighted by atomic mass is 32.1. The van der Waals surface area contributed by atoms with Crippen LogP contribution >= 0.6 is 12.2 Å². The van der Waals surface area contributed by atoms with Crippen LogP contribution in [0.25, 0.3) is 0 Å². The van der Waals surface area contributed by atoms with E-state index in [4.69, 9.17) is 17.0 Å². The standard InChI is InChI=1S/C18H24N4O4S/c1-3-26-16(24)8-9-19-18(27)22-11-5-10-21(22)17(25)20-15-7-4-6-14(12-15)13(2)23/h4,6-7,12H,3,5,8-11H2,1-2H3,(H,19,27)(H,20,25). The lowest BCUT2D eigenvalue weighted by atomic mass is 10.1. The van der Waals surface area contributed by atoms with Crippen LogP contribution in [0.4, 0.5) is 10.5 Å². The molecule has 1 saturated heterocycles. The van der Waals surface area contributed by atoms with Gasteiger partial charge in [0.05, 0.1) is 13.0 Å². The average molecular weight is 392 g/mol. The molecule has 0 spiro atoms. The number of anilines is 1. The fourth-order valence-corrected chi connectivity index (χ4v) is 2.93. The average Bonchev–Trinajstić information content (AvgIpc) is 3.12. The van der Waals surface area contributed by atoms with Crippen molar-refractivity contribution in [2.75, 3.05) is 31.6 Å². The Kier molecular flexibility index (Phi) is 7.54. The van der Waals surface area contributed by atoms with Crippen LogP contribution in [0.1, 0.15) is 37.0 Å². The minimum Gasteiger partial charge on any atom is -0.466 e. The highest BCUT2D eigenvalue weighted by Crippen LogP contribution is 2.16. The van der Waals surface area contributed by atoms with Gasteiger partial charge in [0.1, 0.15) is 0 Å². The Balaban J connectivity index is 1.91. The second kappa shape index (κ2) is 9.86. The van der Waals surface area contributed by atoms with Crippen molar-refractivity contribution in [3.05, 3.63) is 29.8 Å². The number of Topliss-reactive ketones (excluding diaryl/α,β-unsaturated/α-hetero) is 1. The number of benzene rings is 1. The number of rotatable bonds is 6. The van der Waals surface area contributed by atoms with Crippen molar-refractivity contribution in [2.45, 2.75) is 26.7 Å². The number of carbonyl (C=O) groups is 3. The molecular formula is C18H24N4O4S. The zero-order valence-corrected chi connectivity index (χ0v) is 16.3. The number of hydrazine groups is 1. The van der Waals surface area contributed by atoms with Gasteiger partial charge < -0.3 is 15.4 Å². The molecular weight excluding hydrogens is 368 g/mol. The molecule has 1 aromatic rings. The molecule has 1 fully saturated rings. The maximum atomic E-state index is 12.6. The lowest BCUT2D eigenvalue weighted by molar-refractivity contribution is -0.142. The van der Waals surface area contributed by atoms with Crippen molar-refractivity contribution < 1.29 is 19.1 Å². The van der Waals surface area contributed by atoms with Gasteiger partial charge in [0.15, 0.2) is 10.9 Å². The summed E-state index contributed by atoms with van der Waals surface area (Å²) in [6.45, 7) is 5.04. The largest absolute Gasteiger partial charge is 0.466 e. The smallest absolute Gasteiger partial charge is 0.340 e. The van der Waals surface area contributed by atoms with E-state index in [-0.39, 0.29) is 24.2 Å². The summed E-state index contributed by atoms with van der Waals surface area (Å²) in [5, 5.41) is 9.33. The van der Waals surface area contributed by atoms with Crippen LogP contribution in [0.5, 0.6) is 0 Å². The number of nitrogens with one attached hydrogen (secondary N) is 2. The van der Waals surface area contributed by atoms with E-state index < -0.39 is 0 Å². The van der Waals surface area contributed by atoms with E-state index in [0.717, 1.165) is 6.42 Å². The Morgan fingerprint density at radius 1 is 1.22 bits per heavy atom. The summed E-state index contributed by atoms with van der Waals surface area (Å²) >= 11 is 5.34. The molecule has 0 aliphatic carbocycles. The van der Waals surface area contributed by atoms with Crippen molar-refractivity contribution in [1.82, 2.24) is 15.3 Å². The molecule has 146 valence electrons. The first kappa shape index (κ1) is 20.6. The predicted octanol–water partition coefficient (Wildman–Crippen LogP) is 2.17. The summed E-state index contributed by atoms with van der Waals surface area (Å²) in [5.74, 6) is -0.366. The van der Waals surface area contributed by atoms with Crippen molar-refractivity contribution in [1.29, 1.82) is 0 Å². The van der Waals surface area contributed by atoms with E-state index >= 15 is 0 Å². The Hall–Kier alpha value is -2.68. The van der Waals surface area contributed by atoms with Crippen molar-refractivity contribution in [3.8, 4) is 0 Å². The number of carbonyl (C=O) groups excluding carboxylic acids is 3. The third-order valence-electron chi connectivity index (χ3n) is 3.93. The molecule has 2 amide bonds. The summed E-state index contributed by atoms with van der Waals surface area (Å²) in [6, 6.07) is 6.44. The maximum absolute atomic E-state index is 12.6. The van der Waals surface area contributed by atoms with Gasteiger partial charge in [-0.3, -0.25) is 14.6 Å². The van der Waals surface area contributed by atoms with Crippen LogP contribution in [0, 0.1) is 0 Å². The van der Waals surface area contributed by atoms with E-state index in [1.807, 2.05) is 0 Å². The normalized spacial score (nSPS) is 13.3. The molecule has 1 heterocycles. The molecule has 2 N–H and O–H groups in total. The second-order valence-corrected chi connectivity index (χ2v) is 6.34. The first-order chi connectivity index (χ1) is 12.9. The van der Waals surface area contributed by atoms with Crippen LogP contribution in [0.3, 0.4) is 0 Å². The number of ketones is 1. The van der Waals surface area contributed by atoms with Crippen LogP contribution < -0.4 is 10.6 Å². The van der Waals surface area contributed by atoms with E-state index in [9.17, 15) is 14.4 Å². The van der Waals surface area contributed by atoms with Crippen LogP contribution in [-0.2, 0) is 9.53 Å². The number of urea groups is 1. The molecule has 0 unspecified atom stereocenters. The highest BCUT2D eigenvalue weighted by Gasteiger charge is 2.28. The minimum atomic E-state index is -0.331. The molecule has 8 nitrogen and oxygen atoms in total. The van der Waals surface area contributed by atoms with Gasteiger partial charge in [0, 0.05) is 30.9 Å². The van der Waals surface area contributed by atoms with Gasteiger partial charge >= 0.3 is 12.0 Å². The molecule has 2 rings (SSSR count). The molecule has 0 aromatic heterocycles. The SMILES string of the molecule is CCOC(=O)CCNC(=S)N1CCCN1C(=O)Nc1cccc(C(C)=O)c1. The van der Waals surface area contributed by atoms with Gasteiger partial charge in [-0.05, 0) is 44.6 Å². The third kappa shape index (κ3) is 5.92. The molecule has 27 heavy (non-hydrogen) atoms. The van der Waals surface area contributed by atoms with Crippen molar-refractivity contribution in [3.63, 3.8) is 0 Å².